The Morgan fingerprint density at radius 2 is 2.22 bits per heavy atom. The van der Waals surface area contributed by atoms with Crippen molar-refractivity contribution in [3.63, 3.8) is 0 Å². The van der Waals surface area contributed by atoms with E-state index < -0.39 is 0 Å². The first-order chi connectivity index (χ1) is 8.60. The number of aryl methyl sites for hydroxylation is 1. The maximum Gasteiger partial charge on any atom is 0.172 e. The standard InChI is InChI=1S/C14H18N2OS/c1-4-14-15-11-6-5-10(7-12(11)16-14)13(17)8-18-9(2)3/h5-7,9H,4,8H2,1-3H3,(H,15,16). The van der Waals surface area contributed by atoms with Crippen LogP contribution >= 0.6 is 11.8 Å². The van der Waals surface area contributed by atoms with Crippen molar-refractivity contribution in [1.82, 2.24) is 9.97 Å². The smallest absolute Gasteiger partial charge is 0.172 e. The Bertz CT molecular complexity index is 560. The number of fused-ring (bicyclic) bond motifs is 1. The Balaban J connectivity index is 2.21. The van der Waals surface area contributed by atoms with E-state index in [0.717, 1.165) is 28.8 Å². The summed E-state index contributed by atoms with van der Waals surface area (Å²) < 4.78 is 0. The highest BCUT2D eigenvalue weighted by Crippen LogP contribution is 2.17. The highest BCUT2D eigenvalue weighted by Gasteiger charge is 2.09. The van der Waals surface area contributed by atoms with Crippen molar-refractivity contribution in [2.45, 2.75) is 32.4 Å². The van der Waals surface area contributed by atoms with Crippen molar-refractivity contribution in [2.24, 2.45) is 0 Å². The molecule has 1 N–H and O–H groups in total. The third-order valence-electron chi connectivity index (χ3n) is 2.74. The van der Waals surface area contributed by atoms with Crippen LogP contribution in [0.2, 0.25) is 0 Å². The number of carbonyl (C=O) groups excluding carboxylic acids is 1. The van der Waals surface area contributed by atoms with Gasteiger partial charge in [-0.1, -0.05) is 20.8 Å². The van der Waals surface area contributed by atoms with E-state index in [9.17, 15) is 4.79 Å². The fourth-order valence-electron chi connectivity index (χ4n) is 1.73. The second-order valence-electron chi connectivity index (χ2n) is 4.55. The molecule has 0 unspecified atom stereocenters. The molecule has 0 aliphatic heterocycles. The Labute approximate surface area is 111 Å². The monoisotopic (exact) mass is 262 g/mol. The van der Waals surface area contributed by atoms with E-state index in [4.69, 9.17) is 0 Å². The first-order valence-electron chi connectivity index (χ1n) is 6.23. The van der Waals surface area contributed by atoms with Gasteiger partial charge >= 0.3 is 0 Å². The number of rotatable bonds is 5. The van der Waals surface area contributed by atoms with E-state index in [2.05, 4.69) is 30.7 Å². The first-order valence-corrected chi connectivity index (χ1v) is 7.28. The normalized spacial score (nSPS) is 11.3. The van der Waals surface area contributed by atoms with Gasteiger partial charge in [0.2, 0.25) is 0 Å². The summed E-state index contributed by atoms with van der Waals surface area (Å²) in [5.41, 5.74) is 2.65. The predicted octanol–water partition coefficient (Wildman–Crippen LogP) is 3.45. The van der Waals surface area contributed by atoms with Crippen LogP contribution in [0.1, 0.15) is 37.0 Å². The minimum absolute atomic E-state index is 0.184. The van der Waals surface area contributed by atoms with Crippen LogP contribution in [0.15, 0.2) is 18.2 Å². The van der Waals surface area contributed by atoms with Gasteiger partial charge in [-0.05, 0) is 23.4 Å². The zero-order valence-electron chi connectivity index (χ0n) is 11.0. The highest BCUT2D eigenvalue weighted by molar-refractivity contribution is 8.00. The quantitative estimate of drug-likeness (QED) is 0.839. The van der Waals surface area contributed by atoms with Gasteiger partial charge in [-0.3, -0.25) is 4.79 Å². The topological polar surface area (TPSA) is 45.8 Å². The predicted molar refractivity (Wildman–Crippen MR) is 77.4 cm³/mol. The number of nitrogens with zero attached hydrogens (tertiary/aromatic N) is 1. The number of imidazole rings is 1. The summed E-state index contributed by atoms with van der Waals surface area (Å²) >= 11 is 1.67. The zero-order chi connectivity index (χ0) is 13.1. The molecule has 0 aliphatic carbocycles. The van der Waals surface area contributed by atoms with Gasteiger partial charge in [-0.25, -0.2) is 4.98 Å². The number of ketones is 1. The zero-order valence-corrected chi connectivity index (χ0v) is 11.8. The van der Waals surface area contributed by atoms with Crippen LogP contribution in [0.3, 0.4) is 0 Å². The van der Waals surface area contributed by atoms with Gasteiger partial charge < -0.3 is 4.98 Å². The van der Waals surface area contributed by atoms with Crippen LogP contribution in [0.4, 0.5) is 0 Å². The molecule has 2 aromatic rings. The minimum atomic E-state index is 0.184. The lowest BCUT2D eigenvalue weighted by Crippen LogP contribution is -2.04. The third kappa shape index (κ3) is 2.93. The molecule has 0 atom stereocenters. The lowest BCUT2D eigenvalue weighted by Gasteiger charge is -2.03. The number of nitrogens with one attached hydrogen (secondary N) is 1. The van der Waals surface area contributed by atoms with Crippen molar-refractivity contribution >= 4 is 28.6 Å². The molecule has 0 radical (unpaired) electrons. The molecule has 96 valence electrons. The summed E-state index contributed by atoms with van der Waals surface area (Å²) in [5.74, 6) is 1.69. The van der Waals surface area contributed by atoms with E-state index in [1.807, 2.05) is 18.2 Å². The molecule has 2 rings (SSSR count). The Morgan fingerprint density at radius 1 is 1.44 bits per heavy atom. The van der Waals surface area contributed by atoms with Crippen molar-refractivity contribution < 1.29 is 4.79 Å². The molecule has 0 aliphatic rings. The van der Waals surface area contributed by atoms with Crippen molar-refractivity contribution in [1.29, 1.82) is 0 Å². The summed E-state index contributed by atoms with van der Waals surface area (Å²) in [5, 5.41) is 0.483. The number of aromatic nitrogens is 2. The maximum absolute atomic E-state index is 12.0. The van der Waals surface area contributed by atoms with Gasteiger partial charge in [-0.2, -0.15) is 11.8 Å². The molecule has 1 aromatic heterocycles. The fraction of sp³-hybridized carbons (Fsp3) is 0.429. The lowest BCUT2D eigenvalue weighted by molar-refractivity contribution is 0.102. The average Bonchev–Trinajstić information content (AvgIpc) is 2.77. The highest BCUT2D eigenvalue weighted by atomic mass is 32.2. The number of thioether (sulfide) groups is 1. The lowest BCUT2D eigenvalue weighted by atomic mass is 10.1. The van der Waals surface area contributed by atoms with Crippen molar-refractivity contribution in [3.05, 3.63) is 29.6 Å². The number of carbonyl (C=O) groups is 1. The van der Waals surface area contributed by atoms with Crippen LogP contribution in [-0.4, -0.2) is 26.8 Å². The number of hydrogen-bond acceptors (Lipinski definition) is 3. The number of Topliss-reactive ketones (excluding diaryl/α,β-unsaturated/α-hetero) is 1. The van der Waals surface area contributed by atoms with E-state index >= 15 is 0 Å². The first kappa shape index (κ1) is 13.1. The van der Waals surface area contributed by atoms with Gasteiger partial charge in [0, 0.05) is 12.0 Å². The van der Waals surface area contributed by atoms with Crippen LogP contribution in [-0.2, 0) is 6.42 Å². The fourth-order valence-corrected chi connectivity index (χ4v) is 2.38. The van der Waals surface area contributed by atoms with E-state index in [0.29, 0.717) is 11.0 Å². The maximum atomic E-state index is 12.0. The second kappa shape index (κ2) is 5.57. The molecule has 3 nitrogen and oxygen atoms in total. The SMILES string of the molecule is CCc1nc2ccc(C(=O)CSC(C)C)cc2[nH]1. The summed E-state index contributed by atoms with van der Waals surface area (Å²) in [6.07, 6.45) is 0.876. The third-order valence-corrected chi connectivity index (χ3v) is 3.83. The Kier molecular flexibility index (Phi) is 4.07. The number of aromatic amines is 1. The van der Waals surface area contributed by atoms with Crippen LogP contribution in [0, 0.1) is 0 Å². The Hall–Kier alpha value is -1.29. The summed E-state index contributed by atoms with van der Waals surface area (Å²) in [4.78, 5) is 19.7. The largest absolute Gasteiger partial charge is 0.342 e. The summed E-state index contributed by atoms with van der Waals surface area (Å²) in [7, 11) is 0. The van der Waals surface area contributed by atoms with Crippen LogP contribution in [0.5, 0.6) is 0 Å². The molecule has 0 amide bonds. The Morgan fingerprint density at radius 3 is 2.89 bits per heavy atom. The number of benzene rings is 1. The number of hydrogen-bond donors (Lipinski definition) is 1. The molecule has 0 bridgehead atoms. The molecular formula is C14H18N2OS. The van der Waals surface area contributed by atoms with E-state index in [-0.39, 0.29) is 5.78 Å². The van der Waals surface area contributed by atoms with Gasteiger partial charge in [0.25, 0.3) is 0 Å². The number of H-pyrrole nitrogens is 1. The second-order valence-corrected chi connectivity index (χ2v) is 6.12. The minimum Gasteiger partial charge on any atom is -0.342 e. The molecule has 4 heteroatoms. The van der Waals surface area contributed by atoms with E-state index in [1.165, 1.54) is 0 Å². The van der Waals surface area contributed by atoms with E-state index in [1.54, 1.807) is 11.8 Å². The van der Waals surface area contributed by atoms with Gasteiger partial charge in [0.15, 0.2) is 5.78 Å². The van der Waals surface area contributed by atoms with Crippen LogP contribution in [0.25, 0.3) is 11.0 Å². The molecule has 0 saturated carbocycles. The molecule has 1 aromatic carbocycles. The van der Waals surface area contributed by atoms with Gasteiger partial charge in [0.1, 0.15) is 5.82 Å². The molecular weight excluding hydrogens is 244 g/mol. The summed E-state index contributed by atoms with van der Waals surface area (Å²) in [6.45, 7) is 6.26. The van der Waals surface area contributed by atoms with Gasteiger partial charge in [0.05, 0.1) is 16.8 Å². The molecule has 0 saturated heterocycles. The molecule has 18 heavy (non-hydrogen) atoms. The van der Waals surface area contributed by atoms with Crippen molar-refractivity contribution in [3.8, 4) is 0 Å². The molecule has 0 spiro atoms. The summed E-state index contributed by atoms with van der Waals surface area (Å²) in [6, 6.07) is 5.69. The molecule has 1 heterocycles. The molecule has 0 fully saturated rings. The van der Waals surface area contributed by atoms with Gasteiger partial charge in [-0.15, -0.1) is 0 Å². The average molecular weight is 262 g/mol. The van der Waals surface area contributed by atoms with Crippen LogP contribution < -0.4 is 0 Å². The van der Waals surface area contributed by atoms with Crippen molar-refractivity contribution in [2.75, 3.05) is 5.75 Å².